The van der Waals surface area contributed by atoms with Gasteiger partial charge in [0.2, 0.25) is 0 Å². The van der Waals surface area contributed by atoms with Crippen LogP contribution in [0.5, 0.6) is 0 Å². The van der Waals surface area contributed by atoms with E-state index in [2.05, 4.69) is 5.32 Å². The number of carboxylic acids is 1. The van der Waals surface area contributed by atoms with Crippen LogP contribution < -0.4 is 5.32 Å². The molecule has 1 unspecified atom stereocenters. The second-order valence-corrected chi connectivity index (χ2v) is 3.82. The first kappa shape index (κ1) is 9.52. The first-order valence-corrected chi connectivity index (χ1v) is 4.57. The Morgan fingerprint density at radius 3 is 2.58 bits per heavy atom. The van der Waals surface area contributed by atoms with Crippen molar-refractivity contribution in [3.05, 3.63) is 0 Å². The Bertz CT molecular complexity index is 177. The van der Waals surface area contributed by atoms with Crippen LogP contribution in [0.2, 0.25) is 0 Å². The number of aliphatic carboxylic acids is 1. The average Bonchev–Trinajstić information content (AvgIpc) is 2.83. The maximum atomic E-state index is 10.8. The molecule has 0 aromatic rings. The van der Waals surface area contributed by atoms with Crippen molar-refractivity contribution in [1.29, 1.82) is 0 Å². The van der Waals surface area contributed by atoms with Crippen LogP contribution in [0.1, 0.15) is 33.1 Å². The molecule has 0 aromatic carbocycles. The van der Waals surface area contributed by atoms with Crippen LogP contribution in [0.15, 0.2) is 0 Å². The third-order valence-corrected chi connectivity index (χ3v) is 2.66. The fourth-order valence-electron chi connectivity index (χ4n) is 1.04. The van der Waals surface area contributed by atoms with Gasteiger partial charge in [-0.15, -0.1) is 0 Å². The summed E-state index contributed by atoms with van der Waals surface area (Å²) in [5, 5.41) is 12.0. The minimum absolute atomic E-state index is 0.634. The lowest BCUT2D eigenvalue weighted by Crippen LogP contribution is -2.49. The number of carbonyl (C=O) groups is 1. The van der Waals surface area contributed by atoms with Crippen LogP contribution in [0, 0.1) is 5.92 Å². The molecule has 0 aromatic heterocycles. The largest absolute Gasteiger partial charge is 0.480 e. The molecule has 1 fully saturated rings. The van der Waals surface area contributed by atoms with Crippen molar-refractivity contribution in [2.75, 3.05) is 6.54 Å². The smallest absolute Gasteiger partial charge is 0.323 e. The number of rotatable bonds is 5. The van der Waals surface area contributed by atoms with Crippen LogP contribution >= 0.6 is 0 Å². The molecule has 0 radical (unpaired) electrons. The van der Waals surface area contributed by atoms with Crippen molar-refractivity contribution < 1.29 is 9.90 Å². The number of carboxylic acid groups (broad SMARTS) is 1. The Hall–Kier alpha value is -0.570. The van der Waals surface area contributed by atoms with Crippen molar-refractivity contribution in [2.24, 2.45) is 5.92 Å². The highest BCUT2D eigenvalue weighted by Gasteiger charge is 2.32. The van der Waals surface area contributed by atoms with Crippen LogP contribution in [-0.4, -0.2) is 23.2 Å². The molecule has 0 spiro atoms. The Morgan fingerprint density at radius 2 is 2.25 bits per heavy atom. The van der Waals surface area contributed by atoms with E-state index in [1.165, 1.54) is 12.8 Å². The Kier molecular flexibility index (Phi) is 2.73. The van der Waals surface area contributed by atoms with Crippen molar-refractivity contribution in [1.82, 2.24) is 5.32 Å². The zero-order valence-corrected chi connectivity index (χ0v) is 7.76. The highest BCUT2D eigenvalue weighted by atomic mass is 16.4. The van der Waals surface area contributed by atoms with Gasteiger partial charge in [0.1, 0.15) is 5.54 Å². The van der Waals surface area contributed by atoms with Gasteiger partial charge in [0, 0.05) is 0 Å². The third kappa shape index (κ3) is 2.21. The van der Waals surface area contributed by atoms with Gasteiger partial charge in [-0.2, -0.15) is 0 Å². The van der Waals surface area contributed by atoms with Gasteiger partial charge in [-0.3, -0.25) is 4.79 Å². The van der Waals surface area contributed by atoms with E-state index in [4.69, 9.17) is 5.11 Å². The molecule has 2 N–H and O–H groups in total. The van der Waals surface area contributed by atoms with E-state index < -0.39 is 11.5 Å². The maximum Gasteiger partial charge on any atom is 0.323 e. The molecule has 1 rings (SSSR count). The minimum atomic E-state index is -0.745. The van der Waals surface area contributed by atoms with Gasteiger partial charge in [0.25, 0.3) is 0 Å². The first-order valence-electron chi connectivity index (χ1n) is 4.57. The quantitative estimate of drug-likeness (QED) is 0.654. The van der Waals surface area contributed by atoms with E-state index in [0.29, 0.717) is 6.42 Å². The molecule has 1 aliphatic rings. The summed E-state index contributed by atoms with van der Waals surface area (Å²) in [6.45, 7) is 4.50. The second-order valence-electron chi connectivity index (χ2n) is 3.82. The van der Waals surface area contributed by atoms with Gasteiger partial charge in [-0.1, -0.05) is 6.92 Å². The molecule has 0 amide bonds. The maximum absolute atomic E-state index is 10.8. The van der Waals surface area contributed by atoms with Gasteiger partial charge in [0.05, 0.1) is 0 Å². The molecule has 1 saturated carbocycles. The molecule has 0 saturated heterocycles. The molecule has 0 bridgehead atoms. The van der Waals surface area contributed by atoms with Crippen LogP contribution in [0.4, 0.5) is 0 Å². The minimum Gasteiger partial charge on any atom is -0.480 e. The zero-order valence-electron chi connectivity index (χ0n) is 7.76. The van der Waals surface area contributed by atoms with Gasteiger partial charge in [0.15, 0.2) is 0 Å². The lowest BCUT2D eigenvalue weighted by Gasteiger charge is -2.24. The van der Waals surface area contributed by atoms with Crippen molar-refractivity contribution in [2.45, 2.75) is 38.6 Å². The van der Waals surface area contributed by atoms with Gasteiger partial charge in [-0.25, -0.2) is 0 Å². The van der Waals surface area contributed by atoms with Gasteiger partial charge in [-0.05, 0) is 38.6 Å². The topological polar surface area (TPSA) is 49.3 Å². The summed E-state index contributed by atoms with van der Waals surface area (Å²) in [4.78, 5) is 10.8. The monoisotopic (exact) mass is 171 g/mol. The Labute approximate surface area is 73.2 Å². The molecule has 0 aliphatic heterocycles. The number of hydrogen-bond donors (Lipinski definition) is 2. The van der Waals surface area contributed by atoms with Crippen molar-refractivity contribution in [3.63, 3.8) is 0 Å². The molecule has 3 heteroatoms. The number of hydrogen-bond acceptors (Lipinski definition) is 2. The lowest BCUT2D eigenvalue weighted by molar-refractivity contribution is -0.144. The van der Waals surface area contributed by atoms with Crippen molar-refractivity contribution >= 4 is 5.97 Å². The summed E-state index contributed by atoms with van der Waals surface area (Å²) >= 11 is 0. The Balaban J connectivity index is 2.36. The molecule has 3 nitrogen and oxygen atoms in total. The van der Waals surface area contributed by atoms with E-state index in [1.54, 1.807) is 6.92 Å². The second kappa shape index (κ2) is 3.44. The Morgan fingerprint density at radius 1 is 1.67 bits per heavy atom. The molecule has 70 valence electrons. The highest BCUT2D eigenvalue weighted by molar-refractivity contribution is 5.78. The van der Waals surface area contributed by atoms with E-state index >= 15 is 0 Å². The van der Waals surface area contributed by atoms with Crippen molar-refractivity contribution in [3.8, 4) is 0 Å². The highest BCUT2D eigenvalue weighted by Crippen LogP contribution is 2.28. The molecular formula is C9H17NO2. The molecule has 1 atom stereocenters. The molecule has 0 heterocycles. The average molecular weight is 171 g/mol. The fraction of sp³-hybridized carbons (Fsp3) is 0.889. The van der Waals surface area contributed by atoms with E-state index in [1.807, 2.05) is 6.92 Å². The van der Waals surface area contributed by atoms with E-state index in [0.717, 1.165) is 12.5 Å². The summed E-state index contributed by atoms with van der Waals surface area (Å²) in [5.41, 5.74) is -0.720. The van der Waals surface area contributed by atoms with Crippen LogP contribution in [0.25, 0.3) is 0 Å². The van der Waals surface area contributed by atoms with Gasteiger partial charge < -0.3 is 10.4 Å². The van der Waals surface area contributed by atoms with E-state index in [-0.39, 0.29) is 0 Å². The summed E-state index contributed by atoms with van der Waals surface area (Å²) in [5.74, 6) is -0.0131. The fourth-order valence-corrected chi connectivity index (χ4v) is 1.04. The first-order chi connectivity index (χ1) is 5.58. The summed E-state index contributed by atoms with van der Waals surface area (Å²) in [7, 11) is 0. The predicted octanol–water partition coefficient (Wildman–Crippen LogP) is 1.24. The normalized spacial score (nSPS) is 21.8. The SMILES string of the molecule is CCC(C)(NCC1CC1)C(=O)O. The number of nitrogens with one attached hydrogen (secondary N) is 1. The standard InChI is InChI=1S/C9H17NO2/c1-3-9(2,8(11)12)10-6-7-4-5-7/h7,10H,3-6H2,1-2H3,(H,11,12). The predicted molar refractivity (Wildman–Crippen MR) is 47.1 cm³/mol. The third-order valence-electron chi connectivity index (χ3n) is 2.66. The summed E-state index contributed by atoms with van der Waals surface area (Å²) < 4.78 is 0. The molecule has 12 heavy (non-hydrogen) atoms. The zero-order chi connectivity index (χ0) is 9.19. The summed E-state index contributed by atoms with van der Waals surface area (Å²) in [6, 6.07) is 0. The molecule has 1 aliphatic carbocycles. The van der Waals surface area contributed by atoms with Crippen LogP contribution in [0.3, 0.4) is 0 Å². The summed E-state index contributed by atoms with van der Waals surface area (Å²) in [6.07, 6.45) is 3.15. The van der Waals surface area contributed by atoms with E-state index in [9.17, 15) is 4.79 Å². The van der Waals surface area contributed by atoms with Gasteiger partial charge >= 0.3 is 5.97 Å². The molecular weight excluding hydrogens is 154 g/mol. The lowest BCUT2D eigenvalue weighted by atomic mass is 9.99. The van der Waals surface area contributed by atoms with Crippen LogP contribution in [-0.2, 0) is 4.79 Å².